The predicted octanol–water partition coefficient (Wildman–Crippen LogP) is 1.52. The Labute approximate surface area is 124 Å². The van der Waals surface area contributed by atoms with Gasteiger partial charge in [0.25, 0.3) is 5.56 Å². The highest BCUT2D eigenvalue weighted by Crippen LogP contribution is 2.27. The number of nitrogens with two attached hydrogens (primary N) is 1. The summed E-state index contributed by atoms with van der Waals surface area (Å²) in [6, 6.07) is 6.01. The lowest BCUT2D eigenvalue weighted by molar-refractivity contribution is 0.717. The Bertz CT molecular complexity index is 683. The van der Waals surface area contributed by atoms with Gasteiger partial charge in [0, 0.05) is 18.8 Å². The van der Waals surface area contributed by atoms with Crippen LogP contribution in [0.3, 0.4) is 0 Å². The summed E-state index contributed by atoms with van der Waals surface area (Å²) in [6.07, 6.45) is 2.37. The minimum atomic E-state index is -0.0996. The second-order valence-electron chi connectivity index (χ2n) is 4.53. The van der Waals surface area contributed by atoms with Crippen molar-refractivity contribution in [1.82, 2.24) is 9.97 Å². The highest BCUT2D eigenvalue weighted by molar-refractivity contribution is 14.1. The summed E-state index contributed by atoms with van der Waals surface area (Å²) in [5.41, 5.74) is 9.17. The first-order valence-electron chi connectivity index (χ1n) is 6.01. The van der Waals surface area contributed by atoms with Crippen LogP contribution in [0, 0.1) is 3.57 Å². The van der Waals surface area contributed by atoms with Gasteiger partial charge in [-0.15, -0.1) is 0 Å². The predicted molar refractivity (Wildman–Crippen MR) is 83.2 cm³/mol. The summed E-state index contributed by atoms with van der Waals surface area (Å²) >= 11 is 2.04. The fourth-order valence-electron chi connectivity index (χ4n) is 2.38. The van der Waals surface area contributed by atoms with Crippen LogP contribution in [-0.4, -0.2) is 16.5 Å². The van der Waals surface area contributed by atoms with E-state index in [0.29, 0.717) is 10.1 Å². The average molecular weight is 368 g/mol. The van der Waals surface area contributed by atoms with E-state index in [1.807, 2.05) is 34.7 Å². The number of fused-ring (bicyclic) bond motifs is 1. The van der Waals surface area contributed by atoms with E-state index in [1.165, 1.54) is 11.9 Å². The first kappa shape index (κ1) is 12.5. The van der Waals surface area contributed by atoms with Crippen LogP contribution in [0.5, 0.6) is 0 Å². The Kier molecular flexibility index (Phi) is 3.17. The van der Waals surface area contributed by atoms with Crippen LogP contribution in [0.15, 0.2) is 29.3 Å². The van der Waals surface area contributed by atoms with E-state index < -0.39 is 0 Å². The number of anilines is 2. The number of rotatable bonds is 1. The molecule has 3 rings (SSSR count). The second-order valence-corrected chi connectivity index (χ2v) is 5.60. The van der Waals surface area contributed by atoms with E-state index in [9.17, 15) is 4.79 Å². The molecule has 0 atom stereocenters. The molecule has 0 radical (unpaired) electrons. The van der Waals surface area contributed by atoms with Crippen LogP contribution in [0.4, 0.5) is 11.5 Å². The molecule has 0 spiro atoms. The van der Waals surface area contributed by atoms with Gasteiger partial charge in [-0.3, -0.25) is 4.79 Å². The molecule has 19 heavy (non-hydrogen) atoms. The van der Waals surface area contributed by atoms with E-state index in [2.05, 4.69) is 20.9 Å². The lowest BCUT2D eigenvalue weighted by atomic mass is 9.98. The van der Waals surface area contributed by atoms with Crippen LogP contribution in [0.2, 0.25) is 0 Å². The maximum absolute atomic E-state index is 11.6. The number of hydrogen-bond acceptors (Lipinski definition) is 4. The van der Waals surface area contributed by atoms with Gasteiger partial charge in [-0.05, 0) is 46.2 Å². The van der Waals surface area contributed by atoms with Gasteiger partial charge in [0.2, 0.25) is 0 Å². The number of H-pyrrole nitrogens is 1. The number of benzene rings is 1. The van der Waals surface area contributed by atoms with Crippen LogP contribution in [0.1, 0.15) is 11.1 Å². The van der Waals surface area contributed by atoms with Crippen molar-refractivity contribution in [1.29, 1.82) is 0 Å². The normalized spacial score (nSPS) is 14.3. The van der Waals surface area contributed by atoms with Gasteiger partial charge in [-0.1, -0.05) is 12.1 Å². The summed E-state index contributed by atoms with van der Waals surface area (Å²) in [5, 5.41) is 0. The van der Waals surface area contributed by atoms with Crippen LogP contribution in [-0.2, 0) is 13.0 Å². The molecule has 98 valence electrons. The van der Waals surface area contributed by atoms with E-state index in [1.54, 1.807) is 0 Å². The number of aromatic nitrogens is 2. The van der Waals surface area contributed by atoms with Gasteiger partial charge >= 0.3 is 0 Å². The quantitative estimate of drug-likeness (QED) is 0.591. The van der Waals surface area contributed by atoms with Crippen LogP contribution >= 0.6 is 22.6 Å². The summed E-state index contributed by atoms with van der Waals surface area (Å²) < 4.78 is 0.623. The number of halogens is 1. The van der Waals surface area contributed by atoms with E-state index in [4.69, 9.17) is 5.73 Å². The maximum Gasteiger partial charge on any atom is 0.266 e. The minimum absolute atomic E-state index is 0.0996. The standard InChI is InChI=1S/C13H13IN4O/c14-11-12(16-7-17-13(11)19)18-5-4-8-2-1-3-10(15)9(8)6-18/h1-3,7H,4-6,15H2,(H,16,17,19). The molecule has 6 heteroatoms. The number of nitrogen functional groups attached to an aromatic ring is 1. The van der Waals surface area contributed by atoms with Crippen molar-refractivity contribution in [2.75, 3.05) is 17.2 Å². The summed E-state index contributed by atoms with van der Waals surface area (Å²) in [5.74, 6) is 0.734. The molecular weight excluding hydrogens is 355 g/mol. The largest absolute Gasteiger partial charge is 0.398 e. The fourth-order valence-corrected chi connectivity index (χ4v) is 3.02. The maximum atomic E-state index is 11.6. The van der Waals surface area contributed by atoms with Crippen molar-refractivity contribution in [3.8, 4) is 0 Å². The van der Waals surface area contributed by atoms with Gasteiger partial charge in [-0.25, -0.2) is 4.98 Å². The summed E-state index contributed by atoms with van der Waals surface area (Å²) in [4.78, 5) is 20.6. The molecule has 2 heterocycles. The summed E-state index contributed by atoms with van der Waals surface area (Å²) in [6.45, 7) is 1.55. The Morgan fingerprint density at radius 2 is 2.26 bits per heavy atom. The SMILES string of the molecule is Nc1cccc2c1CN(c1nc[nH]c(=O)c1I)CC2. The molecule has 1 aromatic carbocycles. The van der Waals surface area contributed by atoms with Crippen molar-refractivity contribution in [2.45, 2.75) is 13.0 Å². The molecule has 1 aliphatic heterocycles. The second kappa shape index (κ2) is 4.84. The van der Waals surface area contributed by atoms with Crippen molar-refractivity contribution >= 4 is 34.1 Å². The third kappa shape index (κ3) is 2.20. The number of nitrogens with zero attached hydrogens (tertiary/aromatic N) is 2. The summed E-state index contributed by atoms with van der Waals surface area (Å²) in [7, 11) is 0. The topological polar surface area (TPSA) is 75.0 Å². The number of hydrogen-bond donors (Lipinski definition) is 2. The molecule has 0 fully saturated rings. The highest BCUT2D eigenvalue weighted by Gasteiger charge is 2.21. The molecule has 2 aromatic rings. The zero-order chi connectivity index (χ0) is 13.4. The van der Waals surface area contributed by atoms with E-state index >= 15 is 0 Å². The van der Waals surface area contributed by atoms with Gasteiger partial charge in [0.15, 0.2) is 0 Å². The smallest absolute Gasteiger partial charge is 0.266 e. The minimum Gasteiger partial charge on any atom is -0.398 e. The fraction of sp³-hybridized carbons (Fsp3) is 0.231. The molecule has 0 saturated carbocycles. The molecule has 1 aliphatic rings. The van der Waals surface area contributed by atoms with Crippen LogP contribution in [0.25, 0.3) is 0 Å². The average Bonchev–Trinajstić information content (AvgIpc) is 2.42. The third-order valence-electron chi connectivity index (χ3n) is 3.39. The molecule has 1 aromatic heterocycles. The van der Waals surface area contributed by atoms with Gasteiger partial charge in [-0.2, -0.15) is 0 Å². The monoisotopic (exact) mass is 368 g/mol. The lowest BCUT2D eigenvalue weighted by Crippen LogP contribution is -2.33. The lowest BCUT2D eigenvalue weighted by Gasteiger charge is -2.30. The first-order chi connectivity index (χ1) is 9.16. The number of nitrogens with one attached hydrogen (secondary N) is 1. The molecule has 3 N–H and O–H groups in total. The van der Waals surface area contributed by atoms with Gasteiger partial charge < -0.3 is 15.6 Å². The molecule has 0 amide bonds. The Morgan fingerprint density at radius 1 is 1.42 bits per heavy atom. The van der Waals surface area contributed by atoms with Gasteiger partial charge in [0.05, 0.1) is 6.33 Å². The molecule has 0 bridgehead atoms. The van der Waals surface area contributed by atoms with E-state index in [0.717, 1.165) is 30.0 Å². The van der Waals surface area contributed by atoms with Crippen molar-refractivity contribution < 1.29 is 0 Å². The molecule has 5 nitrogen and oxygen atoms in total. The van der Waals surface area contributed by atoms with Crippen LogP contribution < -0.4 is 16.2 Å². The Hall–Kier alpha value is -1.57. The zero-order valence-corrected chi connectivity index (χ0v) is 12.3. The Morgan fingerprint density at radius 3 is 3.11 bits per heavy atom. The first-order valence-corrected chi connectivity index (χ1v) is 7.09. The van der Waals surface area contributed by atoms with Crippen molar-refractivity contribution in [3.63, 3.8) is 0 Å². The molecule has 0 saturated heterocycles. The van der Waals surface area contributed by atoms with Gasteiger partial charge in [0.1, 0.15) is 9.39 Å². The van der Waals surface area contributed by atoms with E-state index in [-0.39, 0.29) is 5.56 Å². The Balaban J connectivity index is 2.00. The van der Waals surface area contributed by atoms with Crippen molar-refractivity contribution in [2.24, 2.45) is 0 Å². The molecular formula is C13H13IN4O. The molecule has 0 unspecified atom stereocenters. The molecule has 0 aliphatic carbocycles. The van der Waals surface area contributed by atoms with Crippen molar-refractivity contribution in [3.05, 3.63) is 49.6 Å². The zero-order valence-electron chi connectivity index (χ0n) is 10.2. The third-order valence-corrected chi connectivity index (χ3v) is 4.36. The highest BCUT2D eigenvalue weighted by atomic mass is 127. The number of aromatic amines is 1.